The number of hydrogen-bond acceptors (Lipinski definition) is 4. The average molecular weight is 472 g/mol. The van der Waals surface area contributed by atoms with Crippen LogP contribution >= 0.6 is 0 Å². The first-order valence-corrected chi connectivity index (χ1v) is 11.7. The molecule has 7 nitrogen and oxygen atoms in total. The largest absolute Gasteiger partial charge is 0.487 e. The standard InChI is InChI=1S/C25H27F2N3O4/c1-3-4-7-34-22-20-24(33)30-11-14(2)18-9-25(18,30)13-29(20)12-17(21(22)31)23(32)28-10-15-5-6-16(26)8-19(15)27/h5-6,8,12,14,18H,3-4,7,9-11,13H2,1-2H3,(H,28,32)/t14-,18+,25-/m0/s1. The van der Waals surface area contributed by atoms with Crippen molar-refractivity contribution in [2.45, 2.75) is 51.7 Å². The van der Waals surface area contributed by atoms with E-state index in [1.54, 1.807) is 4.57 Å². The van der Waals surface area contributed by atoms with Crippen molar-refractivity contribution >= 4 is 11.8 Å². The molecule has 34 heavy (non-hydrogen) atoms. The van der Waals surface area contributed by atoms with Gasteiger partial charge in [0.2, 0.25) is 5.43 Å². The van der Waals surface area contributed by atoms with E-state index in [-0.39, 0.29) is 47.2 Å². The van der Waals surface area contributed by atoms with Gasteiger partial charge in [0.25, 0.3) is 11.8 Å². The zero-order valence-electron chi connectivity index (χ0n) is 19.2. The molecule has 9 heteroatoms. The Hall–Kier alpha value is -3.23. The molecule has 5 rings (SSSR count). The number of nitrogens with one attached hydrogen (secondary N) is 1. The summed E-state index contributed by atoms with van der Waals surface area (Å²) >= 11 is 0. The molecular weight excluding hydrogens is 444 g/mol. The topological polar surface area (TPSA) is 80.6 Å². The van der Waals surface area contributed by atoms with Gasteiger partial charge in [0.15, 0.2) is 11.4 Å². The molecule has 1 saturated heterocycles. The molecule has 2 aromatic rings. The van der Waals surface area contributed by atoms with Crippen molar-refractivity contribution < 1.29 is 23.1 Å². The van der Waals surface area contributed by atoms with E-state index in [0.717, 1.165) is 25.0 Å². The number of carbonyl (C=O) groups excluding carboxylic acids is 2. The molecule has 1 aliphatic carbocycles. The number of rotatable bonds is 7. The first-order chi connectivity index (χ1) is 16.3. The third-order valence-electron chi connectivity index (χ3n) is 7.37. The number of nitrogens with zero attached hydrogens (tertiary/aromatic N) is 2. The van der Waals surface area contributed by atoms with Crippen molar-refractivity contribution in [3.05, 3.63) is 63.1 Å². The molecule has 1 saturated carbocycles. The number of aromatic nitrogens is 1. The van der Waals surface area contributed by atoms with Crippen LogP contribution in [0.2, 0.25) is 0 Å². The highest BCUT2D eigenvalue weighted by atomic mass is 19.1. The minimum atomic E-state index is -0.786. The van der Waals surface area contributed by atoms with Crippen LogP contribution in [-0.2, 0) is 13.1 Å². The van der Waals surface area contributed by atoms with Crippen molar-refractivity contribution in [1.82, 2.24) is 14.8 Å². The summed E-state index contributed by atoms with van der Waals surface area (Å²) in [5.41, 5.74) is -0.808. The number of carbonyl (C=O) groups is 2. The Balaban J connectivity index is 1.49. The molecule has 180 valence electrons. The van der Waals surface area contributed by atoms with Crippen LogP contribution in [0, 0.1) is 23.5 Å². The molecule has 2 aliphatic heterocycles. The van der Waals surface area contributed by atoms with E-state index in [1.165, 1.54) is 12.3 Å². The molecule has 3 atom stereocenters. The molecule has 0 bridgehead atoms. The second kappa shape index (κ2) is 8.21. The highest BCUT2D eigenvalue weighted by molar-refractivity contribution is 6.00. The fourth-order valence-electron chi connectivity index (χ4n) is 5.47. The predicted octanol–water partition coefficient (Wildman–Crippen LogP) is 3.10. The van der Waals surface area contributed by atoms with Crippen LogP contribution in [0.15, 0.2) is 29.2 Å². The number of ether oxygens (including phenoxy) is 1. The van der Waals surface area contributed by atoms with Crippen LogP contribution in [0.25, 0.3) is 0 Å². The Labute approximate surface area is 195 Å². The van der Waals surface area contributed by atoms with Gasteiger partial charge in [-0.15, -0.1) is 0 Å². The van der Waals surface area contributed by atoms with Gasteiger partial charge in [0.05, 0.1) is 12.1 Å². The number of hydrogen-bond donors (Lipinski definition) is 1. The van der Waals surface area contributed by atoms with E-state index in [1.807, 2.05) is 11.8 Å². The lowest BCUT2D eigenvalue weighted by Gasteiger charge is -2.36. The zero-order chi connectivity index (χ0) is 24.2. The smallest absolute Gasteiger partial charge is 0.275 e. The molecule has 1 aromatic heterocycles. The summed E-state index contributed by atoms with van der Waals surface area (Å²) in [4.78, 5) is 41.6. The second-order valence-electron chi connectivity index (χ2n) is 9.61. The van der Waals surface area contributed by atoms with Crippen LogP contribution in [-0.4, -0.2) is 40.0 Å². The normalized spacial score (nSPS) is 24.4. The number of amides is 2. The van der Waals surface area contributed by atoms with Crippen molar-refractivity contribution in [2.24, 2.45) is 11.8 Å². The van der Waals surface area contributed by atoms with Crippen molar-refractivity contribution in [3.8, 4) is 5.75 Å². The Bertz CT molecular complexity index is 1240. The summed E-state index contributed by atoms with van der Waals surface area (Å²) in [7, 11) is 0. The molecule has 0 unspecified atom stereocenters. The van der Waals surface area contributed by atoms with Crippen molar-refractivity contribution in [2.75, 3.05) is 13.2 Å². The molecule has 1 spiro atoms. The van der Waals surface area contributed by atoms with Crippen LogP contribution in [0.5, 0.6) is 5.75 Å². The number of fused-ring (bicyclic) bond motifs is 1. The third-order valence-corrected chi connectivity index (χ3v) is 7.37. The van der Waals surface area contributed by atoms with E-state index in [4.69, 9.17) is 4.74 Å². The molecule has 1 aromatic carbocycles. The van der Waals surface area contributed by atoms with Crippen LogP contribution in [0.1, 0.15) is 59.5 Å². The summed E-state index contributed by atoms with van der Waals surface area (Å²) in [5.74, 6) is -1.76. The van der Waals surface area contributed by atoms with Gasteiger partial charge in [-0.1, -0.05) is 26.3 Å². The maximum Gasteiger partial charge on any atom is 0.275 e. The van der Waals surface area contributed by atoms with Crippen molar-refractivity contribution in [3.63, 3.8) is 0 Å². The number of pyridine rings is 1. The fraction of sp³-hybridized carbons (Fsp3) is 0.480. The molecule has 2 amide bonds. The lowest BCUT2D eigenvalue weighted by atomic mass is 10.1. The SMILES string of the molecule is CCCCOc1c2n(cc(C(=O)NCc3ccc(F)cc3F)c1=O)C[C@@]13C[C@@H]1[C@@H](C)CN3C2=O. The third kappa shape index (κ3) is 3.49. The highest BCUT2D eigenvalue weighted by Crippen LogP contribution is 2.61. The predicted molar refractivity (Wildman–Crippen MR) is 120 cm³/mol. The van der Waals surface area contributed by atoms with Gasteiger partial charge in [0, 0.05) is 37.5 Å². The van der Waals surface area contributed by atoms with Gasteiger partial charge in [-0.05, 0) is 30.7 Å². The summed E-state index contributed by atoms with van der Waals surface area (Å²) in [5, 5.41) is 2.54. The Morgan fingerprint density at radius 1 is 1.29 bits per heavy atom. The maximum absolute atomic E-state index is 14.0. The molecule has 3 heterocycles. The van der Waals surface area contributed by atoms with Crippen LogP contribution in [0.3, 0.4) is 0 Å². The second-order valence-corrected chi connectivity index (χ2v) is 9.61. The van der Waals surface area contributed by atoms with E-state index >= 15 is 0 Å². The Morgan fingerprint density at radius 2 is 2.09 bits per heavy atom. The molecule has 3 aliphatic rings. The lowest BCUT2D eigenvalue weighted by Crippen LogP contribution is -2.50. The average Bonchev–Trinajstić information content (AvgIpc) is 3.44. The monoisotopic (exact) mass is 471 g/mol. The van der Waals surface area contributed by atoms with Gasteiger partial charge in [-0.3, -0.25) is 14.4 Å². The van der Waals surface area contributed by atoms with E-state index in [0.29, 0.717) is 31.3 Å². The van der Waals surface area contributed by atoms with E-state index in [9.17, 15) is 23.2 Å². The van der Waals surface area contributed by atoms with Gasteiger partial charge >= 0.3 is 0 Å². The summed E-state index contributed by atoms with van der Waals surface area (Å²) in [6.07, 6.45) is 3.86. The Morgan fingerprint density at radius 3 is 2.79 bits per heavy atom. The maximum atomic E-state index is 14.0. The molecule has 1 N–H and O–H groups in total. The van der Waals surface area contributed by atoms with Crippen LogP contribution in [0.4, 0.5) is 8.78 Å². The van der Waals surface area contributed by atoms with Gasteiger partial charge in [-0.25, -0.2) is 8.78 Å². The number of unbranched alkanes of at least 4 members (excludes halogenated alkanes) is 1. The van der Waals surface area contributed by atoms with Gasteiger partial charge in [0.1, 0.15) is 17.2 Å². The number of piperidine rings is 1. The summed E-state index contributed by atoms with van der Waals surface area (Å²) in [6.45, 7) is 5.30. The first kappa shape index (κ1) is 22.6. The van der Waals surface area contributed by atoms with Crippen LogP contribution < -0.4 is 15.5 Å². The van der Waals surface area contributed by atoms with Gasteiger partial charge < -0.3 is 19.5 Å². The Kier molecular flexibility index (Phi) is 5.45. The quantitative estimate of drug-likeness (QED) is 0.630. The van der Waals surface area contributed by atoms with Gasteiger partial charge in [-0.2, -0.15) is 0 Å². The van der Waals surface area contributed by atoms with E-state index in [2.05, 4.69) is 12.2 Å². The van der Waals surface area contributed by atoms with Crippen molar-refractivity contribution in [1.29, 1.82) is 0 Å². The number of halogens is 2. The summed E-state index contributed by atoms with van der Waals surface area (Å²) < 4.78 is 34.6. The summed E-state index contributed by atoms with van der Waals surface area (Å²) in [6, 6.07) is 3.08. The fourth-order valence-corrected chi connectivity index (χ4v) is 5.47. The lowest BCUT2D eigenvalue weighted by molar-refractivity contribution is 0.0587. The van der Waals surface area contributed by atoms with E-state index < -0.39 is 23.0 Å². The number of benzene rings is 1. The minimum Gasteiger partial charge on any atom is -0.487 e. The zero-order valence-corrected chi connectivity index (χ0v) is 19.2. The first-order valence-electron chi connectivity index (χ1n) is 11.7. The highest BCUT2D eigenvalue weighted by Gasteiger charge is 2.68. The molecular formula is C25H27F2N3O4. The molecule has 2 fully saturated rings. The molecule has 0 radical (unpaired) electrons. The minimum absolute atomic E-state index is 0.0951.